The van der Waals surface area contributed by atoms with Crippen LogP contribution in [0.15, 0.2) is 134 Å². The average molecular weight is 571 g/mol. The Labute approximate surface area is 259 Å². The van der Waals surface area contributed by atoms with E-state index in [0.717, 1.165) is 45.6 Å². The molecule has 0 N–H and O–H groups in total. The predicted octanol–water partition coefficient (Wildman–Crippen LogP) is 10.4. The van der Waals surface area contributed by atoms with Crippen molar-refractivity contribution in [2.24, 2.45) is 0 Å². The van der Waals surface area contributed by atoms with Crippen molar-refractivity contribution in [3.63, 3.8) is 0 Å². The van der Waals surface area contributed by atoms with Gasteiger partial charge in [-0.3, -0.25) is 9.80 Å². The van der Waals surface area contributed by atoms with Crippen molar-refractivity contribution in [1.82, 2.24) is 9.97 Å². The van der Waals surface area contributed by atoms with Crippen LogP contribution in [0.2, 0.25) is 0 Å². The van der Waals surface area contributed by atoms with Crippen molar-refractivity contribution in [3.8, 4) is 11.3 Å². The monoisotopic (exact) mass is 570 g/mol. The number of para-hydroxylation sites is 2. The number of pyridine rings is 2. The highest BCUT2D eigenvalue weighted by atomic mass is 15.2. The van der Waals surface area contributed by atoms with Gasteiger partial charge < -0.3 is 0 Å². The summed E-state index contributed by atoms with van der Waals surface area (Å²) in [5.41, 5.74) is 11.4. The van der Waals surface area contributed by atoms with E-state index in [0.29, 0.717) is 0 Å². The third-order valence-electron chi connectivity index (χ3n) is 9.49. The first kappa shape index (κ1) is 26.4. The van der Waals surface area contributed by atoms with Crippen LogP contribution in [-0.4, -0.2) is 9.97 Å². The van der Waals surface area contributed by atoms with E-state index in [2.05, 4.69) is 153 Å². The highest BCUT2D eigenvalue weighted by molar-refractivity contribution is 5.92. The van der Waals surface area contributed by atoms with E-state index in [1.54, 1.807) is 0 Å². The van der Waals surface area contributed by atoms with Crippen LogP contribution in [0.25, 0.3) is 11.3 Å². The molecule has 2 aliphatic rings. The minimum Gasteiger partial charge on any atom is -0.294 e. The number of rotatable bonds is 3. The van der Waals surface area contributed by atoms with Crippen LogP contribution in [0.3, 0.4) is 0 Å². The smallest absolute Gasteiger partial charge is 0.138 e. The number of nitrogens with zero attached hydrogens (tertiary/aromatic N) is 4. The molecule has 0 amide bonds. The third-order valence-corrected chi connectivity index (χ3v) is 9.49. The van der Waals surface area contributed by atoms with Gasteiger partial charge in [-0.05, 0) is 70.8 Å². The maximum absolute atomic E-state index is 5.27. The van der Waals surface area contributed by atoms with Gasteiger partial charge in [0.15, 0.2) is 0 Å². The lowest BCUT2D eigenvalue weighted by Gasteiger charge is -2.46. The highest BCUT2D eigenvalue weighted by Gasteiger charge is 2.43. The molecule has 4 nitrogen and oxygen atoms in total. The van der Waals surface area contributed by atoms with E-state index in [-0.39, 0.29) is 10.8 Å². The molecular weight excluding hydrogens is 536 g/mol. The standard InChI is InChI=1S/C40H34N4/c1-39(2)28-17-8-10-20-33(28)43(37-22-12-13-24-41-37)35-26-36-31(25-30(35)39)40(3,4)29-18-9-11-21-34(29)44(36)38-23-14-19-32(42-38)27-15-6-5-7-16-27/h5-26H,1-4H3. The van der Waals surface area contributed by atoms with Crippen molar-refractivity contribution in [1.29, 1.82) is 0 Å². The number of hydrogen-bond acceptors (Lipinski definition) is 4. The van der Waals surface area contributed by atoms with Crippen molar-refractivity contribution in [3.05, 3.63) is 156 Å². The Kier molecular flexibility index (Phi) is 5.79. The zero-order chi connectivity index (χ0) is 30.1. The normalized spacial score (nSPS) is 15.5. The first-order valence-electron chi connectivity index (χ1n) is 15.3. The summed E-state index contributed by atoms with van der Waals surface area (Å²) >= 11 is 0. The molecule has 4 heterocycles. The molecule has 0 fully saturated rings. The van der Waals surface area contributed by atoms with Crippen LogP contribution >= 0.6 is 0 Å². The average Bonchev–Trinajstić information content (AvgIpc) is 3.06. The number of benzene rings is 4. The molecule has 0 saturated carbocycles. The van der Waals surface area contributed by atoms with Gasteiger partial charge >= 0.3 is 0 Å². The minimum atomic E-state index is -0.225. The maximum atomic E-state index is 5.27. The molecule has 214 valence electrons. The topological polar surface area (TPSA) is 32.3 Å². The Hall–Kier alpha value is -5.22. The Bertz CT molecular complexity index is 2030. The number of anilines is 6. The Morgan fingerprint density at radius 1 is 0.455 bits per heavy atom. The molecule has 6 aromatic rings. The summed E-state index contributed by atoms with van der Waals surface area (Å²) in [6.45, 7) is 9.39. The molecule has 4 heteroatoms. The lowest BCUT2D eigenvalue weighted by atomic mass is 9.68. The second kappa shape index (κ2) is 9.65. The second-order valence-electron chi connectivity index (χ2n) is 12.8. The molecule has 0 saturated heterocycles. The Morgan fingerprint density at radius 3 is 1.61 bits per heavy atom. The van der Waals surface area contributed by atoms with Crippen molar-refractivity contribution < 1.29 is 0 Å². The van der Waals surface area contributed by atoms with E-state index in [9.17, 15) is 0 Å². The van der Waals surface area contributed by atoms with E-state index < -0.39 is 0 Å². The van der Waals surface area contributed by atoms with Crippen molar-refractivity contribution in [2.75, 3.05) is 9.80 Å². The van der Waals surface area contributed by atoms with Crippen LogP contribution in [-0.2, 0) is 10.8 Å². The SMILES string of the molecule is CC1(C)c2ccccc2N(c2ccccn2)c2cc3c(cc21)C(C)(C)c1ccccc1N3c1cccc(-c2ccccc2)n1. The fourth-order valence-electron chi connectivity index (χ4n) is 7.19. The van der Waals surface area contributed by atoms with Gasteiger partial charge in [0.1, 0.15) is 11.6 Å². The number of aromatic nitrogens is 2. The predicted molar refractivity (Wildman–Crippen MR) is 181 cm³/mol. The molecule has 4 aromatic carbocycles. The van der Waals surface area contributed by atoms with Gasteiger partial charge in [-0.2, -0.15) is 0 Å². The van der Waals surface area contributed by atoms with Gasteiger partial charge in [0, 0.05) is 22.6 Å². The van der Waals surface area contributed by atoms with E-state index >= 15 is 0 Å². The second-order valence-corrected chi connectivity index (χ2v) is 12.8. The molecule has 2 aromatic heterocycles. The van der Waals surface area contributed by atoms with Gasteiger partial charge in [-0.1, -0.05) is 107 Å². The molecule has 0 unspecified atom stereocenters. The molecule has 44 heavy (non-hydrogen) atoms. The molecule has 2 aliphatic heterocycles. The van der Waals surface area contributed by atoms with Crippen molar-refractivity contribution >= 4 is 34.4 Å². The largest absolute Gasteiger partial charge is 0.294 e. The highest BCUT2D eigenvalue weighted by Crippen LogP contribution is 2.58. The molecule has 8 rings (SSSR count). The van der Waals surface area contributed by atoms with Gasteiger partial charge in [0.25, 0.3) is 0 Å². The zero-order valence-corrected chi connectivity index (χ0v) is 25.5. The van der Waals surface area contributed by atoms with Crippen LogP contribution < -0.4 is 9.80 Å². The summed E-state index contributed by atoms with van der Waals surface area (Å²) in [5.74, 6) is 1.80. The van der Waals surface area contributed by atoms with Crippen LogP contribution in [0.5, 0.6) is 0 Å². The van der Waals surface area contributed by atoms with Crippen LogP contribution in [0.4, 0.5) is 34.4 Å². The lowest BCUT2D eigenvalue weighted by Crippen LogP contribution is -2.35. The molecule has 0 atom stereocenters. The Balaban J connectivity index is 1.43. The summed E-state index contributed by atoms with van der Waals surface area (Å²) in [5, 5.41) is 0. The van der Waals surface area contributed by atoms with Crippen molar-refractivity contribution in [2.45, 2.75) is 38.5 Å². The molecular formula is C40H34N4. The minimum absolute atomic E-state index is 0.213. The summed E-state index contributed by atoms with van der Waals surface area (Å²) in [6.07, 6.45) is 1.88. The lowest BCUT2D eigenvalue weighted by molar-refractivity contribution is 0.607. The first-order valence-corrected chi connectivity index (χ1v) is 15.3. The number of fused-ring (bicyclic) bond motifs is 4. The van der Waals surface area contributed by atoms with Gasteiger partial charge in [-0.25, -0.2) is 9.97 Å². The maximum Gasteiger partial charge on any atom is 0.138 e. The quantitative estimate of drug-likeness (QED) is 0.212. The van der Waals surface area contributed by atoms with E-state index in [4.69, 9.17) is 9.97 Å². The third kappa shape index (κ3) is 3.84. The van der Waals surface area contributed by atoms with Gasteiger partial charge in [0.05, 0.1) is 28.4 Å². The summed E-state index contributed by atoms with van der Waals surface area (Å²) in [4.78, 5) is 14.8. The zero-order valence-electron chi connectivity index (χ0n) is 25.5. The summed E-state index contributed by atoms with van der Waals surface area (Å²) in [6, 6.07) is 45.3. The summed E-state index contributed by atoms with van der Waals surface area (Å²) in [7, 11) is 0. The molecule has 0 bridgehead atoms. The molecule has 0 aliphatic carbocycles. The van der Waals surface area contributed by atoms with E-state index in [1.807, 2.05) is 18.3 Å². The first-order chi connectivity index (χ1) is 21.4. The number of hydrogen-bond donors (Lipinski definition) is 0. The summed E-state index contributed by atoms with van der Waals surface area (Å²) < 4.78 is 0. The van der Waals surface area contributed by atoms with Crippen LogP contribution in [0.1, 0.15) is 49.9 Å². The van der Waals surface area contributed by atoms with E-state index in [1.165, 1.54) is 22.3 Å². The fourth-order valence-corrected chi connectivity index (χ4v) is 7.19. The molecule has 0 radical (unpaired) electrons. The molecule has 0 spiro atoms. The van der Waals surface area contributed by atoms with Crippen LogP contribution in [0, 0.1) is 0 Å². The van der Waals surface area contributed by atoms with Gasteiger partial charge in [0.2, 0.25) is 0 Å². The van der Waals surface area contributed by atoms with Gasteiger partial charge in [-0.15, -0.1) is 0 Å². The fraction of sp³-hybridized carbons (Fsp3) is 0.150. The Morgan fingerprint density at radius 2 is 1.00 bits per heavy atom.